The third-order valence-corrected chi connectivity index (χ3v) is 5.90. The Labute approximate surface area is 184 Å². The highest BCUT2D eigenvalue weighted by atomic mass is 16.5. The van der Waals surface area contributed by atoms with Crippen molar-refractivity contribution < 1.29 is 14.3 Å². The quantitative estimate of drug-likeness (QED) is 0.714. The molecule has 31 heavy (non-hydrogen) atoms. The van der Waals surface area contributed by atoms with Crippen LogP contribution in [0, 0.1) is 13.8 Å². The lowest BCUT2D eigenvalue weighted by Crippen LogP contribution is -2.43. The van der Waals surface area contributed by atoms with Crippen molar-refractivity contribution in [3.63, 3.8) is 0 Å². The molecule has 0 radical (unpaired) electrons. The maximum Gasteiger partial charge on any atom is 0.257 e. The van der Waals surface area contributed by atoms with Gasteiger partial charge in [-0.2, -0.15) is 5.10 Å². The summed E-state index contributed by atoms with van der Waals surface area (Å²) in [5.74, 6) is 0.867. The monoisotopic (exact) mass is 421 g/mol. The summed E-state index contributed by atoms with van der Waals surface area (Å²) in [6.07, 6.45) is 0.701. The minimum atomic E-state index is -0.111. The van der Waals surface area contributed by atoms with Crippen molar-refractivity contribution in [3.8, 4) is 5.75 Å². The lowest BCUT2D eigenvalue weighted by atomic mass is 9.95. The van der Waals surface area contributed by atoms with Crippen LogP contribution in [0.3, 0.4) is 0 Å². The summed E-state index contributed by atoms with van der Waals surface area (Å²) in [5, 5.41) is 6.54. The van der Waals surface area contributed by atoms with Gasteiger partial charge in [0.15, 0.2) is 0 Å². The Morgan fingerprint density at radius 3 is 2.55 bits per heavy atom. The van der Waals surface area contributed by atoms with E-state index in [-0.39, 0.29) is 11.9 Å². The second-order valence-corrected chi connectivity index (χ2v) is 8.21. The fourth-order valence-electron chi connectivity index (χ4n) is 4.28. The van der Waals surface area contributed by atoms with Crippen LogP contribution in [-0.4, -0.2) is 61.0 Å². The number of carbonyl (C=O) groups is 1. The second kappa shape index (κ2) is 9.62. The highest BCUT2D eigenvalue weighted by Gasteiger charge is 2.34. The largest absolute Gasteiger partial charge is 0.494 e. The van der Waals surface area contributed by atoms with Gasteiger partial charge in [0.2, 0.25) is 0 Å². The van der Waals surface area contributed by atoms with Crippen molar-refractivity contribution in [1.82, 2.24) is 9.91 Å². The third-order valence-electron chi connectivity index (χ3n) is 5.90. The molecule has 4 rings (SSSR count). The SMILES string of the molecule is CCOc1ccc(C2CC(c3ccc(C)cc3C)=NN2C(=O)CN2CCOCC2)cc1. The van der Waals surface area contributed by atoms with Crippen molar-refractivity contribution in [1.29, 1.82) is 0 Å². The maximum atomic E-state index is 13.3. The third kappa shape index (κ3) is 4.97. The van der Waals surface area contributed by atoms with Crippen molar-refractivity contribution >= 4 is 11.6 Å². The van der Waals surface area contributed by atoms with Crippen LogP contribution in [0.25, 0.3) is 0 Å². The average Bonchev–Trinajstić information content (AvgIpc) is 3.20. The van der Waals surface area contributed by atoms with E-state index in [0.29, 0.717) is 32.8 Å². The van der Waals surface area contributed by atoms with E-state index < -0.39 is 0 Å². The summed E-state index contributed by atoms with van der Waals surface area (Å²) in [5.41, 5.74) is 5.56. The van der Waals surface area contributed by atoms with E-state index >= 15 is 0 Å². The normalized spacial score (nSPS) is 19.4. The first-order valence-corrected chi connectivity index (χ1v) is 11.0. The molecule has 2 heterocycles. The zero-order valence-electron chi connectivity index (χ0n) is 18.6. The molecule has 0 spiro atoms. The zero-order chi connectivity index (χ0) is 21.8. The summed E-state index contributed by atoms with van der Waals surface area (Å²) in [7, 11) is 0. The molecule has 0 N–H and O–H groups in total. The van der Waals surface area contributed by atoms with Gasteiger partial charge in [-0.05, 0) is 44.0 Å². The van der Waals surface area contributed by atoms with Gasteiger partial charge in [-0.15, -0.1) is 0 Å². The van der Waals surface area contributed by atoms with Crippen LogP contribution in [0.2, 0.25) is 0 Å². The van der Waals surface area contributed by atoms with Gasteiger partial charge in [0.05, 0.1) is 38.1 Å². The van der Waals surface area contributed by atoms with E-state index in [1.807, 2.05) is 31.2 Å². The summed E-state index contributed by atoms with van der Waals surface area (Å²) < 4.78 is 11.0. The molecular weight excluding hydrogens is 390 g/mol. The fourth-order valence-corrected chi connectivity index (χ4v) is 4.28. The van der Waals surface area contributed by atoms with Crippen LogP contribution in [-0.2, 0) is 9.53 Å². The van der Waals surface area contributed by atoms with Crippen LogP contribution in [0.5, 0.6) is 5.75 Å². The Bertz CT molecular complexity index is 949. The number of benzene rings is 2. The first-order valence-electron chi connectivity index (χ1n) is 11.0. The lowest BCUT2D eigenvalue weighted by molar-refractivity contribution is -0.135. The number of nitrogens with zero attached hydrogens (tertiary/aromatic N) is 3. The number of carbonyl (C=O) groups excluding carboxylic acids is 1. The molecule has 6 nitrogen and oxygen atoms in total. The molecule has 2 aliphatic heterocycles. The number of hydrogen-bond acceptors (Lipinski definition) is 5. The van der Waals surface area contributed by atoms with E-state index in [2.05, 4.69) is 36.9 Å². The number of hydrazone groups is 1. The summed E-state index contributed by atoms with van der Waals surface area (Å²) in [6.45, 7) is 10.1. The van der Waals surface area contributed by atoms with Gasteiger partial charge in [-0.25, -0.2) is 5.01 Å². The standard InChI is InChI=1S/C25H31N3O3/c1-4-31-21-8-6-20(7-9-21)24-16-23(22-10-5-18(2)15-19(22)3)26-28(24)25(29)17-27-11-13-30-14-12-27/h5-10,15,24H,4,11-14,16-17H2,1-3H3. The first-order chi connectivity index (χ1) is 15.0. The number of aryl methyl sites for hydroxylation is 2. The van der Waals surface area contributed by atoms with Crippen LogP contribution in [0.4, 0.5) is 0 Å². The van der Waals surface area contributed by atoms with Crippen molar-refractivity contribution in [2.24, 2.45) is 5.10 Å². The number of amides is 1. The van der Waals surface area contributed by atoms with Gasteiger partial charge >= 0.3 is 0 Å². The molecule has 164 valence electrons. The summed E-state index contributed by atoms with van der Waals surface area (Å²) >= 11 is 0. The fraction of sp³-hybridized carbons (Fsp3) is 0.440. The Kier molecular flexibility index (Phi) is 6.68. The molecule has 1 fully saturated rings. The van der Waals surface area contributed by atoms with Gasteiger partial charge in [0.1, 0.15) is 5.75 Å². The van der Waals surface area contributed by atoms with Crippen molar-refractivity contribution in [2.45, 2.75) is 33.2 Å². The minimum absolute atomic E-state index is 0.0283. The van der Waals surface area contributed by atoms with Gasteiger partial charge in [0.25, 0.3) is 5.91 Å². The highest BCUT2D eigenvalue weighted by molar-refractivity contribution is 6.04. The number of hydrogen-bond donors (Lipinski definition) is 0. The van der Waals surface area contributed by atoms with Crippen LogP contribution < -0.4 is 4.74 Å². The molecule has 1 saturated heterocycles. The van der Waals surface area contributed by atoms with Crippen molar-refractivity contribution in [3.05, 3.63) is 64.7 Å². The molecule has 0 bridgehead atoms. The van der Waals surface area contributed by atoms with Gasteiger partial charge in [-0.3, -0.25) is 9.69 Å². The van der Waals surface area contributed by atoms with E-state index in [1.165, 1.54) is 11.1 Å². The van der Waals surface area contributed by atoms with Crippen LogP contribution in [0.1, 0.15) is 41.6 Å². The summed E-state index contributed by atoms with van der Waals surface area (Å²) in [6, 6.07) is 14.3. The highest BCUT2D eigenvalue weighted by Crippen LogP contribution is 2.34. The van der Waals surface area contributed by atoms with E-state index in [9.17, 15) is 4.79 Å². The van der Waals surface area contributed by atoms with Gasteiger partial charge < -0.3 is 9.47 Å². The number of ether oxygens (including phenoxy) is 2. The van der Waals surface area contributed by atoms with E-state index in [1.54, 1.807) is 5.01 Å². The first kappa shape index (κ1) is 21.5. The molecule has 0 aliphatic carbocycles. The van der Waals surface area contributed by atoms with Gasteiger partial charge in [0, 0.05) is 25.1 Å². The Morgan fingerprint density at radius 2 is 1.87 bits per heavy atom. The Balaban J connectivity index is 1.61. The average molecular weight is 422 g/mol. The minimum Gasteiger partial charge on any atom is -0.494 e. The molecule has 1 atom stereocenters. The Morgan fingerprint density at radius 1 is 1.13 bits per heavy atom. The predicted molar refractivity (Wildman–Crippen MR) is 122 cm³/mol. The molecule has 2 aromatic carbocycles. The lowest BCUT2D eigenvalue weighted by Gasteiger charge is -2.29. The molecule has 1 amide bonds. The molecule has 0 saturated carbocycles. The summed E-state index contributed by atoms with van der Waals surface area (Å²) in [4.78, 5) is 15.4. The number of rotatable bonds is 6. The Hall–Kier alpha value is -2.70. The molecule has 1 unspecified atom stereocenters. The van der Waals surface area contributed by atoms with Gasteiger partial charge in [-0.1, -0.05) is 35.9 Å². The number of morpholine rings is 1. The molecule has 6 heteroatoms. The van der Waals surface area contributed by atoms with E-state index in [0.717, 1.165) is 35.7 Å². The molecule has 2 aromatic rings. The second-order valence-electron chi connectivity index (χ2n) is 8.21. The predicted octanol–water partition coefficient (Wildman–Crippen LogP) is 3.71. The molecule has 2 aliphatic rings. The smallest absolute Gasteiger partial charge is 0.257 e. The topological polar surface area (TPSA) is 54.4 Å². The zero-order valence-corrected chi connectivity index (χ0v) is 18.6. The van der Waals surface area contributed by atoms with Crippen LogP contribution >= 0.6 is 0 Å². The van der Waals surface area contributed by atoms with Crippen LogP contribution in [0.15, 0.2) is 47.6 Å². The molecule has 0 aromatic heterocycles. The maximum absolute atomic E-state index is 13.3. The molecular formula is C25H31N3O3. The van der Waals surface area contributed by atoms with E-state index in [4.69, 9.17) is 14.6 Å². The van der Waals surface area contributed by atoms with Crippen molar-refractivity contribution in [2.75, 3.05) is 39.5 Å².